The summed E-state index contributed by atoms with van der Waals surface area (Å²) in [6, 6.07) is 13.7. The lowest BCUT2D eigenvalue weighted by Gasteiger charge is -2.33. The second kappa shape index (κ2) is 10.5. The summed E-state index contributed by atoms with van der Waals surface area (Å²) < 4.78 is 37.4. The Morgan fingerprint density at radius 2 is 1.59 bits per heavy atom. The molecule has 170 valence electrons. The van der Waals surface area contributed by atoms with Gasteiger partial charge in [0.1, 0.15) is 0 Å². The Hall–Kier alpha value is -3.01. The van der Waals surface area contributed by atoms with Crippen molar-refractivity contribution in [3.8, 4) is 0 Å². The number of ether oxygens (including phenoxy) is 2. The maximum atomic E-state index is 13.3. The normalized spacial score (nSPS) is 15.6. The van der Waals surface area contributed by atoms with Gasteiger partial charge in [-0.15, -0.1) is 0 Å². The third kappa shape index (κ3) is 5.42. The molecule has 1 heterocycles. The minimum absolute atomic E-state index is 0.0448. The fourth-order valence-electron chi connectivity index (χ4n) is 3.45. The van der Waals surface area contributed by atoms with Crippen LogP contribution in [0.2, 0.25) is 0 Å². The molecule has 2 aromatic carbocycles. The first-order chi connectivity index (χ1) is 15.4. The van der Waals surface area contributed by atoms with Crippen LogP contribution in [0.1, 0.15) is 26.3 Å². The van der Waals surface area contributed by atoms with Crippen molar-refractivity contribution in [2.75, 3.05) is 46.9 Å². The molecule has 8 nitrogen and oxygen atoms in total. The molecule has 0 unspecified atom stereocenters. The summed E-state index contributed by atoms with van der Waals surface area (Å²) >= 11 is 0. The van der Waals surface area contributed by atoms with E-state index in [1.807, 2.05) is 36.4 Å². The van der Waals surface area contributed by atoms with Gasteiger partial charge in [0.05, 0.1) is 30.2 Å². The summed E-state index contributed by atoms with van der Waals surface area (Å²) in [7, 11) is -1.64. The van der Waals surface area contributed by atoms with Gasteiger partial charge in [0.15, 0.2) is 0 Å². The first-order valence-corrected chi connectivity index (χ1v) is 11.6. The fourth-order valence-corrected chi connectivity index (χ4v) is 5.08. The van der Waals surface area contributed by atoms with E-state index in [4.69, 9.17) is 4.74 Å². The Bertz CT molecular complexity index is 1090. The molecule has 0 bridgehead atoms. The van der Waals surface area contributed by atoms with E-state index in [-0.39, 0.29) is 29.1 Å². The van der Waals surface area contributed by atoms with Crippen molar-refractivity contribution in [2.24, 2.45) is 0 Å². The highest BCUT2D eigenvalue weighted by Gasteiger charge is 2.32. The molecule has 0 spiro atoms. The zero-order valence-electron chi connectivity index (χ0n) is 18.1. The fraction of sp³-hybridized carbons (Fsp3) is 0.304. The first-order valence-electron chi connectivity index (χ1n) is 10.1. The van der Waals surface area contributed by atoms with Gasteiger partial charge in [0, 0.05) is 32.7 Å². The van der Waals surface area contributed by atoms with Crippen molar-refractivity contribution in [3.63, 3.8) is 0 Å². The summed E-state index contributed by atoms with van der Waals surface area (Å²) in [6.07, 6.45) is 4.08. The first kappa shape index (κ1) is 23.6. The number of esters is 2. The number of hydrogen-bond acceptors (Lipinski definition) is 7. The molecule has 3 rings (SSSR count). The third-order valence-corrected chi connectivity index (χ3v) is 7.17. The minimum atomic E-state index is -4.02. The molecule has 1 saturated heterocycles. The number of piperazine rings is 1. The molecule has 1 aliphatic heterocycles. The van der Waals surface area contributed by atoms with Gasteiger partial charge >= 0.3 is 11.9 Å². The highest BCUT2D eigenvalue weighted by Crippen LogP contribution is 2.24. The van der Waals surface area contributed by atoms with Gasteiger partial charge in [-0.2, -0.15) is 4.31 Å². The van der Waals surface area contributed by atoms with Gasteiger partial charge in [-0.05, 0) is 23.8 Å². The summed E-state index contributed by atoms with van der Waals surface area (Å²) in [5.74, 6) is -1.47. The van der Waals surface area contributed by atoms with E-state index in [0.29, 0.717) is 19.6 Å². The molecule has 1 aliphatic rings. The van der Waals surface area contributed by atoms with E-state index in [9.17, 15) is 18.0 Å². The second-order valence-corrected chi connectivity index (χ2v) is 9.12. The lowest BCUT2D eigenvalue weighted by Crippen LogP contribution is -2.48. The molecule has 0 saturated carbocycles. The molecule has 0 N–H and O–H groups in total. The number of nitrogens with zero attached hydrogens (tertiary/aromatic N) is 2. The number of carbonyl (C=O) groups is 2. The van der Waals surface area contributed by atoms with Gasteiger partial charge < -0.3 is 9.47 Å². The Kier molecular flexibility index (Phi) is 7.79. The van der Waals surface area contributed by atoms with Crippen molar-refractivity contribution in [2.45, 2.75) is 4.90 Å². The van der Waals surface area contributed by atoms with E-state index in [1.54, 1.807) is 0 Å². The molecular formula is C23H26N2O6S. The molecule has 1 fully saturated rings. The lowest BCUT2D eigenvalue weighted by molar-refractivity contribution is 0.0583. The third-order valence-electron chi connectivity index (χ3n) is 5.23. The van der Waals surface area contributed by atoms with Crippen molar-refractivity contribution in [1.29, 1.82) is 0 Å². The van der Waals surface area contributed by atoms with Crippen LogP contribution in [-0.2, 0) is 19.5 Å². The molecule has 0 radical (unpaired) electrons. The molecule has 0 atom stereocenters. The molecule has 9 heteroatoms. The standard InChI is InChI=1S/C23H26N2O6S/c1-30-22(26)19-10-11-20(23(27)31-2)21(17-19)32(28,29)25-15-13-24(14-16-25)12-6-9-18-7-4-3-5-8-18/h3-11,17H,12-16H2,1-2H3/b9-6+. The van der Waals surface area contributed by atoms with Crippen LogP contribution in [0, 0.1) is 0 Å². The highest BCUT2D eigenvalue weighted by molar-refractivity contribution is 7.89. The second-order valence-electron chi connectivity index (χ2n) is 7.21. The van der Waals surface area contributed by atoms with Gasteiger partial charge in [-0.25, -0.2) is 18.0 Å². The van der Waals surface area contributed by atoms with Crippen LogP contribution in [0.4, 0.5) is 0 Å². The lowest BCUT2D eigenvalue weighted by atomic mass is 10.1. The Balaban J connectivity index is 1.74. The van der Waals surface area contributed by atoms with Gasteiger partial charge in [0.2, 0.25) is 10.0 Å². The molecular weight excluding hydrogens is 432 g/mol. The highest BCUT2D eigenvalue weighted by atomic mass is 32.2. The summed E-state index contributed by atoms with van der Waals surface area (Å²) in [4.78, 5) is 26.0. The van der Waals surface area contributed by atoms with Crippen LogP contribution >= 0.6 is 0 Å². The monoisotopic (exact) mass is 458 g/mol. The maximum absolute atomic E-state index is 13.3. The number of sulfonamides is 1. The maximum Gasteiger partial charge on any atom is 0.339 e. The van der Waals surface area contributed by atoms with Gasteiger partial charge in [0.25, 0.3) is 0 Å². The van der Waals surface area contributed by atoms with Crippen molar-refractivity contribution in [1.82, 2.24) is 9.21 Å². The van der Waals surface area contributed by atoms with Crippen LogP contribution in [-0.4, -0.2) is 76.5 Å². The SMILES string of the molecule is COC(=O)c1ccc(C(=O)OC)c(S(=O)(=O)N2CCN(C/C=C/c3ccccc3)CC2)c1. The molecule has 0 amide bonds. The average Bonchev–Trinajstić information content (AvgIpc) is 2.83. The largest absolute Gasteiger partial charge is 0.465 e. The van der Waals surface area contributed by atoms with Crippen molar-refractivity contribution < 1.29 is 27.5 Å². The van der Waals surface area contributed by atoms with Crippen molar-refractivity contribution >= 4 is 28.0 Å². The predicted molar refractivity (Wildman–Crippen MR) is 120 cm³/mol. The van der Waals surface area contributed by atoms with E-state index in [1.165, 1.54) is 36.7 Å². The topological polar surface area (TPSA) is 93.2 Å². The van der Waals surface area contributed by atoms with E-state index >= 15 is 0 Å². The predicted octanol–water partition coefficient (Wildman–Crippen LogP) is 2.28. The zero-order chi connectivity index (χ0) is 23.1. The average molecular weight is 459 g/mol. The summed E-state index contributed by atoms with van der Waals surface area (Å²) in [5.41, 5.74) is 1.03. The number of methoxy groups -OCH3 is 2. The molecule has 2 aromatic rings. The Morgan fingerprint density at radius 3 is 2.22 bits per heavy atom. The van der Waals surface area contributed by atoms with Crippen molar-refractivity contribution in [3.05, 3.63) is 71.3 Å². The number of hydrogen-bond donors (Lipinski definition) is 0. The number of rotatable bonds is 7. The smallest absolute Gasteiger partial charge is 0.339 e. The zero-order valence-corrected chi connectivity index (χ0v) is 18.9. The minimum Gasteiger partial charge on any atom is -0.465 e. The summed E-state index contributed by atoms with van der Waals surface area (Å²) in [5, 5.41) is 0. The molecule has 0 aromatic heterocycles. The van der Waals surface area contributed by atoms with Crippen LogP contribution in [0.3, 0.4) is 0 Å². The van der Waals surface area contributed by atoms with E-state index < -0.39 is 22.0 Å². The summed E-state index contributed by atoms with van der Waals surface area (Å²) in [6.45, 7) is 2.33. The number of benzene rings is 2. The molecule has 32 heavy (non-hydrogen) atoms. The van der Waals surface area contributed by atoms with Gasteiger partial charge in [-0.1, -0.05) is 42.5 Å². The Morgan fingerprint density at radius 1 is 0.938 bits per heavy atom. The van der Waals surface area contributed by atoms with Gasteiger partial charge in [-0.3, -0.25) is 4.90 Å². The van der Waals surface area contributed by atoms with Crippen LogP contribution < -0.4 is 0 Å². The van der Waals surface area contributed by atoms with Crippen LogP contribution in [0.15, 0.2) is 59.5 Å². The van der Waals surface area contributed by atoms with E-state index in [2.05, 4.69) is 15.7 Å². The van der Waals surface area contributed by atoms with Crippen LogP contribution in [0.25, 0.3) is 6.08 Å². The quantitative estimate of drug-likeness (QED) is 0.588. The van der Waals surface area contributed by atoms with Crippen LogP contribution in [0.5, 0.6) is 0 Å². The molecule has 0 aliphatic carbocycles. The van der Waals surface area contributed by atoms with E-state index in [0.717, 1.165) is 5.56 Å². The Labute approximate surface area is 188 Å². The number of carbonyl (C=O) groups excluding carboxylic acids is 2.